The van der Waals surface area contributed by atoms with E-state index in [0.717, 1.165) is 36.1 Å². The topological polar surface area (TPSA) is 54.6 Å². The van der Waals surface area contributed by atoms with Gasteiger partial charge >= 0.3 is 0 Å². The number of benzene rings is 1. The van der Waals surface area contributed by atoms with Crippen LogP contribution in [0.5, 0.6) is 0 Å². The van der Waals surface area contributed by atoms with Crippen LogP contribution in [0.1, 0.15) is 69.9 Å². The lowest BCUT2D eigenvalue weighted by atomic mass is 9.85. The molecule has 1 saturated carbocycles. The van der Waals surface area contributed by atoms with Crippen molar-refractivity contribution < 1.29 is 0 Å². The van der Waals surface area contributed by atoms with E-state index >= 15 is 0 Å². The van der Waals surface area contributed by atoms with Gasteiger partial charge in [-0.2, -0.15) is 5.10 Å². The highest BCUT2D eigenvalue weighted by Gasteiger charge is 2.35. The predicted octanol–water partition coefficient (Wildman–Crippen LogP) is 6.13. The highest BCUT2D eigenvalue weighted by atomic mass is 15.3. The summed E-state index contributed by atoms with van der Waals surface area (Å²) in [6, 6.07) is 9.19. The molecule has 1 fully saturated rings. The minimum absolute atomic E-state index is 0.262. The van der Waals surface area contributed by atoms with Crippen molar-refractivity contribution in [2.45, 2.75) is 77.8 Å². The fourth-order valence-corrected chi connectivity index (χ4v) is 5.48. The normalized spacial score (nSPS) is 23.8. The Hall–Kier alpha value is -2.69. The van der Waals surface area contributed by atoms with Crippen LogP contribution < -0.4 is 5.32 Å². The van der Waals surface area contributed by atoms with Crippen LogP contribution in [0, 0.1) is 11.8 Å². The van der Waals surface area contributed by atoms with Crippen LogP contribution in [0.25, 0.3) is 5.57 Å². The Labute approximate surface area is 191 Å². The molecule has 0 spiro atoms. The largest absolute Gasteiger partial charge is 0.339 e. The lowest BCUT2D eigenvalue weighted by Crippen LogP contribution is -2.35. The molecule has 5 heteroatoms. The Morgan fingerprint density at radius 2 is 1.97 bits per heavy atom. The number of amidine groups is 1. The molecule has 1 aromatic carbocycles. The van der Waals surface area contributed by atoms with Gasteiger partial charge in [0.1, 0.15) is 5.84 Å². The average Bonchev–Trinajstić information content (AvgIpc) is 3.35. The van der Waals surface area contributed by atoms with Gasteiger partial charge in [-0.25, -0.2) is 0 Å². The Kier molecular flexibility index (Phi) is 6.24. The molecule has 5 nitrogen and oxygen atoms in total. The second kappa shape index (κ2) is 9.43. The Bertz CT molecular complexity index is 1040. The van der Waals surface area contributed by atoms with E-state index in [-0.39, 0.29) is 12.0 Å². The van der Waals surface area contributed by atoms with Gasteiger partial charge in [0.05, 0.1) is 18.0 Å². The fraction of sp³-hybridized carbons (Fsp3) is 0.519. The molecule has 1 aliphatic carbocycles. The summed E-state index contributed by atoms with van der Waals surface area (Å²) in [7, 11) is 0. The molecule has 0 saturated heterocycles. The maximum absolute atomic E-state index is 4.95. The molecule has 2 unspecified atom stereocenters. The smallest absolute Gasteiger partial charge is 0.148 e. The summed E-state index contributed by atoms with van der Waals surface area (Å²) in [5.74, 6) is 2.04. The van der Waals surface area contributed by atoms with Gasteiger partial charge in [0.25, 0.3) is 0 Å². The number of anilines is 1. The number of aliphatic imine (C=N–C) groups is 2. The van der Waals surface area contributed by atoms with Gasteiger partial charge in [0, 0.05) is 36.1 Å². The summed E-state index contributed by atoms with van der Waals surface area (Å²) < 4.78 is 1.98. The van der Waals surface area contributed by atoms with E-state index in [2.05, 4.69) is 54.7 Å². The Morgan fingerprint density at radius 1 is 1.12 bits per heavy atom. The molecular formula is C27H35N5. The molecule has 2 aliphatic heterocycles. The highest BCUT2D eigenvalue weighted by molar-refractivity contribution is 6.49. The molecule has 168 valence electrons. The van der Waals surface area contributed by atoms with Gasteiger partial charge in [-0.3, -0.25) is 14.7 Å². The summed E-state index contributed by atoms with van der Waals surface area (Å²) in [4.78, 5) is 9.76. The van der Waals surface area contributed by atoms with Crippen LogP contribution >= 0.6 is 0 Å². The van der Waals surface area contributed by atoms with Crippen molar-refractivity contribution in [1.29, 1.82) is 0 Å². The van der Waals surface area contributed by atoms with Gasteiger partial charge < -0.3 is 5.32 Å². The maximum Gasteiger partial charge on any atom is 0.148 e. The first-order valence-electron chi connectivity index (χ1n) is 12.4. The standard InChI is InChI=1S/C27H35N5/c1-3-32-18-22(16-29-32)25-17-28-26-24(25)13-19(2)30-27(26)31-23-12-8-11-21(15-23)14-20-9-6-4-5-7-10-20/h8,11-12,15-20,24H,3-7,9-10,13-14H2,1-2H3,(H,30,31). The zero-order valence-electron chi connectivity index (χ0n) is 19.4. The molecule has 3 heterocycles. The van der Waals surface area contributed by atoms with Crippen molar-refractivity contribution in [2.75, 3.05) is 5.32 Å². The van der Waals surface area contributed by atoms with Crippen LogP contribution in [-0.4, -0.2) is 27.4 Å². The molecular weight excluding hydrogens is 394 g/mol. The van der Waals surface area contributed by atoms with Crippen LogP contribution in [0.4, 0.5) is 5.69 Å². The second-order valence-electron chi connectivity index (χ2n) is 9.69. The van der Waals surface area contributed by atoms with E-state index in [9.17, 15) is 0 Å². The van der Waals surface area contributed by atoms with Crippen LogP contribution in [0.15, 0.2) is 52.8 Å². The highest BCUT2D eigenvalue weighted by Crippen LogP contribution is 2.36. The number of allylic oxidation sites excluding steroid dienone is 1. The number of nitrogens with zero attached hydrogens (tertiary/aromatic N) is 4. The molecule has 0 bridgehead atoms. The first-order valence-corrected chi connectivity index (χ1v) is 12.4. The second-order valence-corrected chi connectivity index (χ2v) is 9.69. The van der Waals surface area contributed by atoms with E-state index in [1.54, 1.807) is 0 Å². The van der Waals surface area contributed by atoms with E-state index in [4.69, 9.17) is 9.98 Å². The molecule has 32 heavy (non-hydrogen) atoms. The Balaban J connectivity index is 1.30. The van der Waals surface area contributed by atoms with E-state index in [0.29, 0.717) is 0 Å². The third-order valence-electron chi connectivity index (χ3n) is 7.20. The zero-order valence-corrected chi connectivity index (χ0v) is 19.4. The predicted molar refractivity (Wildman–Crippen MR) is 133 cm³/mol. The average molecular weight is 430 g/mol. The van der Waals surface area contributed by atoms with Gasteiger partial charge in [0.2, 0.25) is 0 Å². The summed E-state index contributed by atoms with van der Waals surface area (Å²) in [6.45, 7) is 5.20. The molecule has 0 radical (unpaired) electrons. The summed E-state index contributed by atoms with van der Waals surface area (Å²) >= 11 is 0. The number of hydrogen-bond acceptors (Lipinski definition) is 4. The quantitative estimate of drug-likeness (QED) is 0.581. The first-order chi connectivity index (χ1) is 15.7. The number of aromatic nitrogens is 2. The summed E-state index contributed by atoms with van der Waals surface area (Å²) in [6.07, 6.45) is 16.7. The number of fused-ring (bicyclic) bond motifs is 1. The monoisotopic (exact) mass is 429 g/mol. The molecule has 3 aliphatic rings. The SMILES string of the molecule is CCn1cc(C2=CN=C3C(Nc4cccc(CC5CCCCCC5)c4)=NC(C)CC23)cn1. The van der Waals surface area contributed by atoms with E-state index in [1.807, 2.05) is 17.1 Å². The molecule has 2 atom stereocenters. The van der Waals surface area contributed by atoms with Crippen molar-refractivity contribution in [3.8, 4) is 0 Å². The van der Waals surface area contributed by atoms with Crippen LogP contribution in [0.3, 0.4) is 0 Å². The van der Waals surface area contributed by atoms with Crippen molar-refractivity contribution in [3.63, 3.8) is 0 Å². The zero-order chi connectivity index (χ0) is 21.9. The lowest BCUT2D eigenvalue weighted by molar-refractivity contribution is 0.458. The van der Waals surface area contributed by atoms with Gasteiger partial charge in [-0.1, -0.05) is 50.7 Å². The van der Waals surface area contributed by atoms with Crippen molar-refractivity contribution in [3.05, 3.63) is 54.0 Å². The Morgan fingerprint density at radius 3 is 2.75 bits per heavy atom. The van der Waals surface area contributed by atoms with Crippen molar-refractivity contribution >= 4 is 22.8 Å². The van der Waals surface area contributed by atoms with E-state index < -0.39 is 0 Å². The van der Waals surface area contributed by atoms with E-state index in [1.165, 1.54) is 61.6 Å². The third-order valence-corrected chi connectivity index (χ3v) is 7.20. The summed E-state index contributed by atoms with van der Waals surface area (Å²) in [5, 5.41) is 8.09. The minimum Gasteiger partial charge on any atom is -0.339 e. The molecule has 2 aromatic rings. The maximum atomic E-state index is 4.95. The molecule has 1 N–H and O–H groups in total. The van der Waals surface area contributed by atoms with Crippen molar-refractivity contribution in [2.24, 2.45) is 21.8 Å². The van der Waals surface area contributed by atoms with Gasteiger partial charge in [-0.15, -0.1) is 0 Å². The number of hydrogen-bond donors (Lipinski definition) is 1. The van der Waals surface area contributed by atoms with Crippen molar-refractivity contribution in [1.82, 2.24) is 9.78 Å². The van der Waals surface area contributed by atoms with Gasteiger partial charge in [-0.05, 0) is 55.9 Å². The first kappa shape index (κ1) is 21.2. The van der Waals surface area contributed by atoms with Crippen LogP contribution in [0.2, 0.25) is 0 Å². The minimum atomic E-state index is 0.262. The lowest BCUT2D eigenvalue weighted by Gasteiger charge is -2.26. The molecule has 0 amide bonds. The fourth-order valence-electron chi connectivity index (χ4n) is 5.48. The van der Waals surface area contributed by atoms with Gasteiger partial charge in [0.15, 0.2) is 0 Å². The summed E-state index contributed by atoms with van der Waals surface area (Å²) in [5.41, 5.74) is 6.06. The number of rotatable bonds is 5. The molecule has 5 rings (SSSR count). The molecule has 1 aromatic heterocycles. The number of nitrogens with one attached hydrogen (secondary N) is 1. The number of aryl methyl sites for hydroxylation is 1. The third kappa shape index (κ3) is 4.57. The van der Waals surface area contributed by atoms with Crippen LogP contribution in [-0.2, 0) is 13.0 Å².